The van der Waals surface area contributed by atoms with E-state index < -0.39 is 29.0 Å². The number of likely N-dealkylation sites (N-methyl/N-ethyl adjacent to an activating group) is 1. The maximum absolute atomic E-state index is 14.9. The lowest BCUT2D eigenvalue weighted by atomic mass is 9.76. The lowest BCUT2D eigenvalue weighted by Crippen LogP contribution is -2.53. The van der Waals surface area contributed by atoms with Crippen molar-refractivity contribution in [2.24, 2.45) is 0 Å². The molecule has 1 fully saturated rings. The molecule has 1 aromatic heterocycles. The number of hydrogen-bond acceptors (Lipinski definition) is 6. The highest BCUT2D eigenvalue weighted by molar-refractivity contribution is 6.03. The number of nitrogens with one attached hydrogen (secondary N) is 1. The number of aryl methyl sites for hydroxylation is 1. The summed E-state index contributed by atoms with van der Waals surface area (Å²) in [6.07, 6.45) is -4.30. The number of anilines is 2. The van der Waals surface area contributed by atoms with Crippen LogP contribution in [0.4, 0.5) is 29.1 Å². The minimum atomic E-state index is -4.82. The molecule has 1 spiro atoms. The summed E-state index contributed by atoms with van der Waals surface area (Å²) >= 11 is 0. The Morgan fingerprint density at radius 2 is 1.84 bits per heavy atom. The van der Waals surface area contributed by atoms with Crippen LogP contribution in [0.1, 0.15) is 47.6 Å². The van der Waals surface area contributed by atoms with Crippen molar-refractivity contribution in [3.05, 3.63) is 76.5 Å². The van der Waals surface area contributed by atoms with Crippen LogP contribution in [-0.2, 0) is 22.9 Å². The minimum Gasteiger partial charge on any atom is -0.508 e. The first-order chi connectivity index (χ1) is 17.9. The zero-order chi connectivity index (χ0) is 27.4. The Bertz CT molecular complexity index is 1400. The second-order valence-electron chi connectivity index (χ2n) is 10.00. The molecule has 0 saturated carbocycles. The van der Waals surface area contributed by atoms with Crippen molar-refractivity contribution in [1.29, 1.82) is 0 Å². The normalized spacial score (nSPS) is 20.6. The highest BCUT2D eigenvalue weighted by atomic mass is 19.4. The SMILES string of the molecule is Cc1nc(N[C@H](C)c2cccc(C(F)(F)F)c2F)c2c(n1)C1(CCN(C)C1)C(=O)N(c1ccc(O)cc1)C2. The van der Waals surface area contributed by atoms with E-state index in [9.17, 15) is 27.5 Å². The number of rotatable bonds is 4. The zero-order valence-electron chi connectivity index (χ0n) is 21.1. The number of phenols is 1. The third-order valence-corrected chi connectivity index (χ3v) is 7.32. The van der Waals surface area contributed by atoms with Gasteiger partial charge in [-0.05, 0) is 64.2 Å². The monoisotopic (exact) mass is 529 g/mol. The van der Waals surface area contributed by atoms with Gasteiger partial charge < -0.3 is 20.2 Å². The van der Waals surface area contributed by atoms with Gasteiger partial charge in [-0.25, -0.2) is 14.4 Å². The molecular weight excluding hydrogens is 502 g/mol. The van der Waals surface area contributed by atoms with Crippen LogP contribution in [-0.4, -0.2) is 46.0 Å². The van der Waals surface area contributed by atoms with Gasteiger partial charge >= 0.3 is 6.18 Å². The Balaban J connectivity index is 1.60. The van der Waals surface area contributed by atoms with E-state index >= 15 is 0 Å². The molecule has 11 heteroatoms. The molecule has 1 saturated heterocycles. The molecule has 0 radical (unpaired) electrons. The van der Waals surface area contributed by atoms with Gasteiger partial charge in [0.15, 0.2) is 0 Å². The molecule has 200 valence electrons. The van der Waals surface area contributed by atoms with Gasteiger partial charge in [-0.2, -0.15) is 13.2 Å². The predicted molar refractivity (Wildman–Crippen MR) is 133 cm³/mol. The molecule has 2 aliphatic rings. The van der Waals surface area contributed by atoms with E-state index in [4.69, 9.17) is 4.98 Å². The zero-order valence-corrected chi connectivity index (χ0v) is 21.1. The number of carbonyl (C=O) groups excluding carboxylic acids is 1. The molecule has 3 aromatic rings. The fraction of sp³-hybridized carbons (Fsp3) is 0.370. The number of benzene rings is 2. The van der Waals surface area contributed by atoms with Gasteiger partial charge in [0.25, 0.3) is 0 Å². The number of carbonyl (C=O) groups is 1. The first-order valence-electron chi connectivity index (χ1n) is 12.2. The first-order valence-corrected chi connectivity index (χ1v) is 12.2. The van der Waals surface area contributed by atoms with Crippen LogP contribution in [0, 0.1) is 12.7 Å². The summed E-state index contributed by atoms with van der Waals surface area (Å²) in [5.74, 6) is -0.674. The summed E-state index contributed by atoms with van der Waals surface area (Å²) in [6, 6.07) is 8.61. The van der Waals surface area contributed by atoms with Gasteiger partial charge in [-0.3, -0.25) is 4.79 Å². The van der Waals surface area contributed by atoms with E-state index in [1.807, 2.05) is 11.9 Å². The van der Waals surface area contributed by atoms with Gasteiger partial charge in [-0.1, -0.05) is 12.1 Å². The largest absolute Gasteiger partial charge is 0.508 e. The first kappa shape index (κ1) is 25.9. The quantitative estimate of drug-likeness (QED) is 0.466. The van der Waals surface area contributed by atoms with E-state index in [1.54, 1.807) is 30.9 Å². The third-order valence-electron chi connectivity index (χ3n) is 7.32. The summed E-state index contributed by atoms with van der Waals surface area (Å²) < 4.78 is 54.9. The average molecular weight is 530 g/mol. The number of likely N-dealkylation sites (tertiary alicyclic amines) is 1. The van der Waals surface area contributed by atoms with Gasteiger partial charge in [0, 0.05) is 23.4 Å². The molecule has 0 aliphatic carbocycles. The fourth-order valence-corrected chi connectivity index (χ4v) is 5.45. The molecule has 2 N–H and O–H groups in total. The topological polar surface area (TPSA) is 81.6 Å². The average Bonchev–Trinajstić information content (AvgIpc) is 3.24. The lowest BCUT2D eigenvalue weighted by molar-refractivity contribution is -0.140. The highest BCUT2D eigenvalue weighted by Gasteiger charge is 2.53. The van der Waals surface area contributed by atoms with E-state index in [-0.39, 0.29) is 23.8 Å². The van der Waals surface area contributed by atoms with Crippen molar-refractivity contribution < 1.29 is 27.5 Å². The Hall–Kier alpha value is -3.73. The molecule has 2 atom stereocenters. The van der Waals surface area contributed by atoms with Crippen LogP contribution in [0.15, 0.2) is 42.5 Å². The summed E-state index contributed by atoms with van der Waals surface area (Å²) in [5.41, 5.74) is -0.652. The van der Waals surface area contributed by atoms with E-state index in [0.29, 0.717) is 54.2 Å². The van der Waals surface area contributed by atoms with E-state index in [1.165, 1.54) is 24.3 Å². The Kier molecular flexibility index (Phi) is 6.29. The maximum Gasteiger partial charge on any atom is 0.419 e. The number of hydrogen-bond donors (Lipinski definition) is 2. The highest BCUT2D eigenvalue weighted by Crippen LogP contribution is 2.44. The van der Waals surface area contributed by atoms with Gasteiger partial charge in [0.2, 0.25) is 5.91 Å². The summed E-state index contributed by atoms with van der Waals surface area (Å²) in [5, 5.41) is 12.9. The molecule has 3 heterocycles. The molecule has 1 amide bonds. The standard InChI is InChI=1S/C27H27F4N5O2/c1-15(19-5-4-6-21(22(19)28)27(29,30)31)32-24-20-13-36(17-7-9-18(37)10-8-17)25(38)26(11-12-35(3)14-26)23(20)33-16(2)34-24/h4-10,15,37H,11-14H2,1-3H3,(H,32,33,34)/t15-,26?/m1/s1. The van der Waals surface area contributed by atoms with Crippen LogP contribution < -0.4 is 10.2 Å². The molecule has 2 aliphatic heterocycles. The second-order valence-corrected chi connectivity index (χ2v) is 10.00. The number of halogens is 4. The summed E-state index contributed by atoms with van der Waals surface area (Å²) in [6.45, 7) is 4.45. The Morgan fingerprint density at radius 3 is 2.47 bits per heavy atom. The van der Waals surface area contributed by atoms with Crippen molar-refractivity contribution in [3.63, 3.8) is 0 Å². The fourth-order valence-electron chi connectivity index (χ4n) is 5.45. The Morgan fingerprint density at radius 1 is 1.13 bits per heavy atom. The van der Waals surface area contributed by atoms with Gasteiger partial charge in [0.05, 0.1) is 23.8 Å². The number of aromatic nitrogens is 2. The predicted octanol–water partition coefficient (Wildman–Crippen LogP) is 4.94. The van der Waals surface area contributed by atoms with Crippen molar-refractivity contribution >= 4 is 17.4 Å². The number of nitrogens with zero attached hydrogens (tertiary/aromatic N) is 4. The van der Waals surface area contributed by atoms with Gasteiger partial charge in [0.1, 0.15) is 28.6 Å². The summed E-state index contributed by atoms with van der Waals surface area (Å²) in [4.78, 5) is 26.9. The van der Waals surface area contributed by atoms with Crippen LogP contribution in [0.25, 0.3) is 0 Å². The van der Waals surface area contributed by atoms with Crippen molar-refractivity contribution in [3.8, 4) is 5.75 Å². The van der Waals surface area contributed by atoms with Crippen molar-refractivity contribution in [1.82, 2.24) is 14.9 Å². The van der Waals surface area contributed by atoms with Crippen LogP contribution in [0.2, 0.25) is 0 Å². The number of fused-ring (bicyclic) bond motifs is 2. The molecule has 7 nitrogen and oxygen atoms in total. The second kappa shape index (κ2) is 9.23. The molecule has 5 rings (SSSR count). The van der Waals surface area contributed by atoms with Crippen LogP contribution in [0.5, 0.6) is 5.75 Å². The van der Waals surface area contributed by atoms with Crippen LogP contribution in [0.3, 0.4) is 0 Å². The Labute approximate surface area is 217 Å². The number of alkyl halides is 3. The molecule has 0 bridgehead atoms. The lowest BCUT2D eigenvalue weighted by Gasteiger charge is -2.41. The third kappa shape index (κ3) is 4.34. The van der Waals surface area contributed by atoms with Crippen molar-refractivity contribution in [2.45, 2.75) is 44.4 Å². The van der Waals surface area contributed by atoms with E-state index in [2.05, 4.69) is 10.3 Å². The molecule has 2 aromatic carbocycles. The molecule has 38 heavy (non-hydrogen) atoms. The summed E-state index contributed by atoms with van der Waals surface area (Å²) in [7, 11) is 1.92. The minimum absolute atomic E-state index is 0.0622. The number of amides is 1. The van der Waals surface area contributed by atoms with Crippen LogP contribution >= 0.6 is 0 Å². The molecule has 1 unspecified atom stereocenters. The maximum atomic E-state index is 14.9. The smallest absolute Gasteiger partial charge is 0.419 e. The van der Waals surface area contributed by atoms with Crippen molar-refractivity contribution in [2.75, 3.05) is 30.4 Å². The number of phenolic OH excluding ortho intramolecular Hbond substituents is 1. The molecular formula is C27H27F4N5O2. The van der Waals surface area contributed by atoms with E-state index in [0.717, 1.165) is 0 Å². The number of aromatic hydroxyl groups is 1. The van der Waals surface area contributed by atoms with Gasteiger partial charge in [-0.15, -0.1) is 0 Å².